The summed E-state index contributed by atoms with van der Waals surface area (Å²) in [5.41, 5.74) is 0. The third kappa shape index (κ3) is 3.49. The first kappa shape index (κ1) is 8.92. The topological polar surface area (TPSA) is 12.9 Å². The Morgan fingerprint density at radius 2 is 2.11 bits per heavy atom. The van der Waals surface area contributed by atoms with Crippen LogP contribution in [0.15, 0.2) is 6.20 Å². The Balaban J connectivity index is 0.000000291. The number of hydrogen-bond acceptors (Lipinski definition) is 2. The number of rotatable bonds is 0. The van der Waals surface area contributed by atoms with Gasteiger partial charge in [0.1, 0.15) is 0 Å². The van der Waals surface area contributed by atoms with Gasteiger partial charge in [-0.15, -0.1) is 11.3 Å². The zero-order valence-electron chi connectivity index (χ0n) is 5.81. The van der Waals surface area contributed by atoms with Crippen molar-refractivity contribution in [3.8, 4) is 0 Å². The molecule has 0 saturated carbocycles. The van der Waals surface area contributed by atoms with E-state index >= 15 is 0 Å². The van der Waals surface area contributed by atoms with Crippen LogP contribution in [0.1, 0.15) is 18.7 Å². The van der Waals surface area contributed by atoms with Gasteiger partial charge >= 0.3 is 0 Å². The van der Waals surface area contributed by atoms with Crippen LogP contribution in [0, 0.1) is 6.92 Å². The SMILES string of the molecule is CC.Cc1cnc(Cl)s1. The first-order valence-electron chi connectivity index (χ1n) is 2.87. The summed E-state index contributed by atoms with van der Waals surface area (Å²) in [5, 5.41) is 0. The summed E-state index contributed by atoms with van der Waals surface area (Å²) in [4.78, 5) is 4.96. The lowest BCUT2D eigenvalue weighted by Crippen LogP contribution is -1.50. The molecule has 1 aromatic rings. The van der Waals surface area contributed by atoms with Gasteiger partial charge in [0.05, 0.1) is 0 Å². The van der Waals surface area contributed by atoms with Gasteiger partial charge in [0, 0.05) is 11.1 Å². The van der Waals surface area contributed by atoms with Crippen molar-refractivity contribution in [2.24, 2.45) is 0 Å². The van der Waals surface area contributed by atoms with Crippen LogP contribution in [0.2, 0.25) is 4.47 Å². The van der Waals surface area contributed by atoms with Gasteiger partial charge in [-0.1, -0.05) is 25.4 Å². The number of halogens is 1. The summed E-state index contributed by atoms with van der Waals surface area (Å²) in [6, 6.07) is 0. The summed E-state index contributed by atoms with van der Waals surface area (Å²) in [7, 11) is 0. The lowest BCUT2D eigenvalue weighted by Gasteiger charge is -1.66. The molecule has 0 bridgehead atoms. The highest BCUT2D eigenvalue weighted by Gasteiger charge is 1.88. The van der Waals surface area contributed by atoms with Crippen molar-refractivity contribution in [3.05, 3.63) is 15.5 Å². The van der Waals surface area contributed by atoms with Crippen LogP contribution >= 0.6 is 22.9 Å². The normalized spacial score (nSPS) is 8.00. The van der Waals surface area contributed by atoms with Gasteiger partial charge < -0.3 is 0 Å². The maximum absolute atomic E-state index is 5.47. The van der Waals surface area contributed by atoms with E-state index in [0.717, 1.165) is 4.88 Å². The minimum absolute atomic E-state index is 0.623. The predicted octanol–water partition coefficient (Wildman–Crippen LogP) is 3.13. The van der Waals surface area contributed by atoms with Crippen molar-refractivity contribution in [2.75, 3.05) is 0 Å². The number of aryl methyl sites for hydroxylation is 1. The Morgan fingerprint density at radius 3 is 2.22 bits per heavy atom. The largest absolute Gasteiger partial charge is 0.233 e. The average Bonchev–Trinajstić information content (AvgIpc) is 2.20. The van der Waals surface area contributed by atoms with Crippen molar-refractivity contribution in [2.45, 2.75) is 20.8 Å². The van der Waals surface area contributed by atoms with E-state index in [2.05, 4.69) is 4.98 Å². The fourth-order valence-corrected chi connectivity index (χ4v) is 1.22. The van der Waals surface area contributed by atoms with Crippen LogP contribution in [-0.2, 0) is 0 Å². The Morgan fingerprint density at radius 1 is 1.56 bits per heavy atom. The molecule has 0 N–H and O–H groups in total. The molecule has 3 heteroatoms. The quantitative estimate of drug-likeness (QED) is 0.573. The molecule has 0 atom stereocenters. The van der Waals surface area contributed by atoms with E-state index in [1.807, 2.05) is 20.8 Å². The highest BCUT2D eigenvalue weighted by Crippen LogP contribution is 2.15. The van der Waals surface area contributed by atoms with Gasteiger partial charge in [0.15, 0.2) is 4.47 Å². The van der Waals surface area contributed by atoms with Gasteiger partial charge in [-0.3, -0.25) is 0 Å². The molecule has 52 valence electrons. The van der Waals surface area contributed by atoms with Crippen LogP contribution in [0.3, 0.4) is 0 Å². The molecular formula is C6H10ClNS. The first-order valence-corrected chi connectivity index (χ1v) is 4.06. The van der Waals surface area contributed by atoms with Crippen LogP contribution < -0.4 is 0 Å². The minimum Gasteiger partial charge on any atom is -0.233 e. The van der Waals surface area contributed by atoms with Crippen LogP contribution in [-0.4, -0.2) is 4.98 Å². The molecule has 0 saturated heterocycles. The predicted molar refractivity (Wildman–Crippen MR) is 43.2 cm³/mol. The third-order valence-electron chi connectivity index (χ3n) is 0.593. The molecule has 1 heterocycles. The molecule has 0 aliphatic rings. The average molecular weight is 164 g/mol. The molecule has 9 heavy (non-hydrogen) atoms. The van der Waals surface area contributed by atoms with E-state index in [0.29, 0.717) is 4.47 Å². The Hall–Kier alpha value is -0.0800. The van der Waals surface area contributed by atoms with E-state index in [1.165, 1.54) is 11.3 Å². The standard InChI is InChI=1S/C4H4ClNS.C2H6/c1-3-2-6-4(5)7-3;1-2/h2H,1H3;1-2H3. The molecule has 1 aromatic heterocycles. The summed E-state index contributed by atoms with van der Waals surface area (Å²) in [6.07, 6.45) is 1.76. The van der Waals surface area contributed by atoms with E-state index < -0.39 is 0 Å². The van der Waals surface area contributed by atoms with E-state index in [1.54, 1.807) is 6.20 Å². The minimum atomic E-state index is 0.623. The van der Waals surface area contributed by atoms with Crippen LogP contribution in [0.5, 0.6) is 0 Å². The fraction of sp³-hybridized carbons (Fsp3) is 0.500. The maximum atomic E-state index is 5.47. The Bertz CT molecular complexity index is 145. The molecule has 0 aromatic carbocycles. The maximum Gasteiger partial charge on any atom is 0.183 e. The summed E-state index contributed by atoms with van der Waals surface area (Å²) < 4.78 is 0.623. The molecule has 0 spiro atoms. The number of thiazole rings is 1. The Labute approximate surface area is 64.7 Å². The van der Waals surface area contributed by atoms with E-state index in [9.17, 15) is 0 Å². The smallest absolute Gasteiger partial charge is 0.183 e. The first-order chi connectivity index (χ1) is 4.29. The molecule has 0 unspecified atom stereocenters. The van der Waals surface area contributed by atoms with Crippen molar-refractivity contribution in [3.63, 3.8) is 0 Å². The van der Waals surface area contributed by atoms with E-state index in [-0.39, 0.29) is 0 Å². The zero-order valence-corrected chi connectivity index (χ0v) is 7.38. The number of nitrogens with zero attached hydrogens (tertiary/aromatic N) is 1. The lowest BCUT2D eigenvalue weighted by molar-refractivity contribution is 1.39. The Kier molecular flexibility index (Phi) is 4.72. The molecule has 1 nitrogen and oxygen atoms in total. The van der Waals surface area contributed by atoms with Gasteiger partial charge in [-0.2, -0.15) is 0 Å². The zero-order chi connectivity index (χ0) is 7.28. The van der Waals surface area contributed by atoms with E-state index in [4.69, 9.17) is 11.6 Å². The van der Waals surface area contributed by atoms with Crippen molar-refractivity contribution in [1.29, 1.82) is 0 Å². The van der Waals surface area contributed by atoms with Crippen molar-refractivity contribution >= 4 is 22.9 Å². The fourth-order valence-electron chi connectivity index (χ4n) is 0.327. The molecule has 1 rings (SSSR count). The highest BCUT2D eigenvalue weighted by atomic mass is 35.5. The van der Waals surface area contributed by atoms with Crippen molar-refractivity contribution in [1.82, 2.24) is 4.98 Å². The summed E-state index contributed by atoms with van der Waals surface area (Å²) in [6.45, 7) is 5.98. The molecule has 0 amide bonds. The summed E-state index contributed by atoms with van der Waals surface area (Å²) in [5.74, 6) is 0. The molecule has 0 aliphatic heterocycles. The van der Waals surface area contributed by atoms with Gasteiger partial charge in [-0.25, -0.2) is 4.98 Å². The molecular weight excluding hydrogens is 154 g/mol. The molecule has 0 fully saturated rings. The number of hydrogen-bond donors (Lipinski definition) is 0. The van der Waals surface area contributed by atoms with Gasteiger partial charge in [0.25, 0.3) is 0 Å². The van der Waals surface area contributed by atoms with Gasteiger partial charge in [-0.05, 0) is 6.92 Å². The number of aromatic nitrogens is 1. The third-order valence-corrected chi connectivity index (χ3v) is 1.62. The molecule has 0 radical (unpaired) electrons. The monoisotopic (exact) mass is 163 g/mol. The van der Waals surface area contributed by atoms with Gasteiger partial charge in [0.2, 0.25) is 0 Å². The second-order valence-electron chi connectivity index (χ2n) is 1.22. The van der Waals surface area contributed by atoms with Crippen LogP contribution in [0.25, 0.3) is 0 Å². The molecule has 0 aliphatic carbocycles. The van der Waals surface area contributed by atoms with Crippen molar-refractivity contribution < 1.29 is 0 Å². The second kappa shape index (κ2) is 4.77. The second-order valence-corrected chi connectivity index (χ2v) is 3.04. The summed E-state index contributed by atoms with van der Waals surface area (Å²) >= 11 is 6.96. The highest BCUT2D eigenvalue weighted by molar-refractivity contribution is 7.15. The van der Waals surface area contributed by atoms with Crippen LogP contribution in [0.4, 0.5) is 0 Å². The lowest BCUT2D eigenvalue weighted by atomic mass is 10.7.